The summed E-state index contributed by atoms with van der Waals surface area (Å²) in [6, 6.07) is 0. The van der Waals surface area contributed by atoms with Crippen LogP contribution in [0.1, 0.15) is 142 Å². The number of phosphoric ester groups is 1. The van der Waals surface area contributed by atoms with E-state index in [0.717, 1.165) is 51.4 Å². The van der Waals surface area contributed by atoms with Gasteiger partial charge in [-0.15, -0.1) is 0 Å². The van der Waals surface area contributed by atoms with Gasteiger partial charge in [0.05, 0.1) is 27.7 Å². The van der Waals surface area contributed by atoms with E-state index in [0.29, 0.717) is 17.4 Å². The van der Waals surface area contributed by atoms with Gasteiger partial charge < -0.3 is 18.9 Å². The van der Waals surface area contributed by atoms with E-state index in [4.69, 9.17) is 18.5 Å². The van der Waals surface area contributed by atoms with E-state index in [1.54, 1.807) is 0 Å². The molecule has 0 radical (unpaired) electrons. The molecule has 260 valence electrons. The van der Waals surface area contributed by atoms with E-state index in [1.165, 1.54) is 57.8 Å². The van der Waals surface area contributed by atoms with Gasteiger partial charge in [0.1, 0.15) is 19.8 Å². The number of carbonyl (C=O) groups is 2. The summed E-state index contributed by atoms with van der Waals surface area (Å²) in [6.07, 6.45) is 24.2. The minimum Gasteiger partial charge on any atom is -0.462 e. The van der Waals surface area contributed by atoms with Gasteiger partial charge in [-0.1, -0.05) is 103 Å². The summed E-state index contributed by atoms with van der Waals surface area (Å²) in [5, 5.41) is 0. The molecule has 0 saturated heterocycles. The number of nitrogens with zero attached hydrogens (tertiary/aromatic N) is 1. The normalized spacial score (nSPS) is 14.0. The summed E-state index contributed by atoms with van der Waals surface area (Å²) in [6.45, 7) is 4.32. The first-order valence-corrected chi connectivity index (χ1v) is 18.9. The van der Waals surface area contributed by atoms with Crippen LogP contribution in [0.15, 0.2) is 12.2 Å². The Bertz CT molecular complexity index is 784. The zero-order chi connectivity index (χ0) is 32.9. The zero-order valence-electron chi connectivity index (χ0n) is 28.9. The topological polar surface area (TPSA) is 108 Å². The van der Waals surface area contributed by atoms with Crippen LogP contribution in [0.25, 0.3) is 0 Å². The van der Waals surface area contributed by atoms with Crippen LogP contribution in [0.3, 0.4) is 0 Å². The molecule has 10 heteroatoms. The maximum Gasteiger partial charge on any atom is 0.472 e. The number of unbranched alkanes of at least 4 members (excludes halogenated alkanes) is 15. The van der Waals surface area contributed by atoms with Crippen LogP contribution in [-0.2, 0) is 32.7 Å². The Balaban J connectivity index is 4.45. The van der Waals surface area contributed by atoms with Crippen LogP contribution in [0.4, 0.5) is 0 Å². The third kappa shape index (κ3) is 30.8. The summed E-state index contributed by atoms with van der Waals surface area (Å²) in [5.41, 5.74) is 0. The number of rotatable bonds is 31. The first-order chi connectivity index (χ1) is 21.0. The van der Waals surface area contributed by atoms with Crippen LogP contribution in [0.5, 0.6) is 0 Å². The van der Waals surface area contributed by atoms with Crippen LogP contribution in [-0.4, -0.2) is 74.9 Å². The Morgan fingerprint density at radius 2 is 1.16 bits per heavy atom. The number of hydrogen-bond acceptors (Lipinski definition) is 7. The molecule has 0 aliphatic carbocycles. The van der Waals surface area contributed by atoms with Gasteiger partial charge in [0.25, 0.3) is 0 Å². The molecule has 2 atom stereocenters. The molecule has 0 amide bonds. The monoisotopic (exact) mass is 648 g/mol. The molecule has 1 unspecified atom stereocenters. The van der Waals surface area contributed by atoms with Crippen LogP contribution >= 0.6 is 7.82 Å². The van der Waals surface area contributed by atoms with Gasteiger partial charge in [0, 0.05) is 12.8 Å². The number of carbonyl (C=O) groups excluding carboxylic acids is 2. The highest BCUT2D eigenvalue weighted by atomic mass is 31.2. The van der Waals surface area contributed by atoms with Crippen molar-refractivity contribution in [2.45, 2.75) is 148 Å². The van der Waals surface area contributed by atoms with Crippen LogP contribution < -0.4 is 0 Å². The lowest BCUT2D eigenvalue weighted by Gasteiger charge is -2.24. The first kappa shape index (κ1) is 42.8. The fourth-order valence-corrected chi connectivity index (χ4v) is 5.22. The van der Waals surface area contributed by atoms with Crippen LogP contribution in [0.2, 0.25) is 0 Å². The summed E-state index contributed by atoms with van der Waals surface area (Å²) < 4.78 is 33.9. The molecule has 9 nitrogen and oxygen atoms in total. The second-order valence-electron chi connectivity index (χ2n) is 12.9. The fraction of sp³-hybridized carbons (Fsp3) is 0.882. The second-order valence-corrected chi connectivity index (χ2v) is 14.4. The minimum absolute atomic E-state index is 0.0316. The van der Waals surface area contributed by atoms with Crippen molar-refractivity contribution < 1.29 is 42.1 Å². The average molecular weight is 649 g/mol. The van der Waals surface area contributed by atoms with Crippen molar-refractivity contribution in [1.82, 2.24) is 0 Å². The molecule has 0 aliphatic rings. The maximum atomic E-state index is 12.5. The molecule has 0 spiro atoms. The van der Waals surface area contributed by atoms with Crippen molar-refractivity contribution in [3.63, 3.8) is 0 Å². The van der Waals surface area contributed by atoms with Gasteiger partial charge in [-0.05, 0) is 38.5 Å². The molecule has 0 aromatic carbocycles. The Kier molecular flexibility index (Phi) is 27.2. The lowest BCUT2D eigenvalue weighted by molar-refractivity contribution is -0.870. The number of ether oxygens (including phenoxy) is 2. The number of likely N-dealkylation sites (N-methyl/N-ethyl adjacent to an activating group) is 1. The van der Waals surface area contributed by atoms with E-state index in [1.807, 2.05) is 21.1 Å². The number of phosphoric acid groups is 1. The maximum absolute atomic E-state index is 12.5. The Morgan fingerprint density at radius 3 is 1.70 bits per heavy atom. The Hall–Kier alpha value is -1.25. The molecular formula is C34H67NO8P+. The molecule has 0 aromatic heterocycles. The molecule has 0 heterocycles. The molecule has 0 bridgehead atoms. The summed E-state index contributed by atoms with van der Waals surface area (Å²) in [7, 11) is 1.47. The van der Waals surface area contributed by atoms with Gasteiger partial charge in [-0.2, -0.15) is 0 Å². The quantitative estimate of drug-likeness (QED) is 0.0262. The van der Waals surface area contributed by atoms with Gasteiger partial charge in [0.15, 0.2) is 6.10 Å². The van der Waals surface area contributed by atoms with Gasteiger partial charge in [-0.25, -0.2) is 4.57 Å². The Morgan fingerprint density at radius 1 is 0.682 bits per heavy atom. The number of esters is 2. The van der Waals surface area contributed by atoms with Crippen molar-refractivity contribution in [3.8, 4) is 0 Å². The average Bonchev–Trinajstić information content (AvgIpc) is 2.95. The van der Waals surface area contributed by atoms with E-state index < -0.39 is 26.5 Å². The molecule has 0 saturated carbocycles. The minimum atomic E-state index is -4.35. The second kappa shape index (κ2) is 28.0. The molecular weight excluding hydrogens is 581 g/mol. The standard InChI is InChI=1S/C34H66NO8P/c1-6-8-10-12-14-15-16-17-18-19-21-22-24-26-33(36)40-30-32(31-42-44(38,39)41-29-28-35(3,4)5)43-34(37)27-25-23-20-13-11-9-7-2/h17-18,32H,6-16,19-31H2,1-5H3/p+1/b18-17+/t32-/m0/s1. The first-order valence-electron chi connectivity index (χ1n) is 17.4. The molecule has 0 aromatic rings. The van der Waals surface area contributed by atoms with E-state index in [9.17, 15) is 19.0 Å². The van der Waals surface area contributed by atoms with E-state index in [-0.39, 0.29) is 32.0 Å². The number of hydrogen-bond donors (Lipinski definition) is 1. The van der Waals surface area contributed by atoms with Crippen molar-refractivity contribution in [3.05, 3.63) is 12.2 Å². The largest absolute Gasteiger partial charge is 0.472 e. The zero-order valence-corrected chi connectivity index (χ0v) is 29.8. The highest BCUT2D eigenvalue weighted by Gasteiger charge is 2.27. The molecule has 1 N–H and O–H groups in total. The lowest BCUT2D eigenvalue weighted by Crippen LogP contribution is -2.37. The predicted octanol–water partition coefficient (Wildman–Crippen LogP) is 8.68. The van der Waals surface area contributed by atoms with Crippen molar-refractivity contribution in [2.24, 2.45) is 0 Å². The number of allylic oxidation sites excluding steroid dienone is 2. The van der Waals surface area contributed by atoms with Gasteiger partial charge >= 0.3 is 19.8 Å². The van der Waals surface area contributed by atoms with Gasteiger partial charge in [-0.3, -0.25) is 18.6 Å². The van der Waals surface area contributed by atoms with E-state index in [2.05, 4.69) is 26.0 Å². The highest BCUT2D eigenvalue weighted by molar-refractivity contribution is 7.47. The molecule has 0 aliphatic heterocycles. The number of quaternary nitrogens is 1. The predicted molar refractivity (Wildman–Crippen MR) is 178 cm³/mol. The molecule has 0 rings (SSSR count). The lowest BCUT2D eigenvalue weighted by atomic mass is 10.1. The van der Waals surface area contributed by atoms with Gasteiger partial charge in [0.2, 0.25) is 0 Å². The third-order valence-electron chi connectivity index (χ3n) is 7.30. The highest BCUT2D eigenvalue weighted by Crippen LogP contribution is 2.43. The van der Waals surface area contributed by atoms with Crippen molar-refractivity contribution in [2.75, 3.05) is 47.5 Å². The molecule has 44 heavy (non-hydrogen) atoms. The third-order valence-corrected chi connectivity index (χ3v) is 8.28. The Labute approximate surface area is 269 Å². The van der Waals surface area contributed by atoms with Crippen molar-refractivity contribution in [1.29, 1.82) is 0 Å². The fourth-order valence-electron chi connectivity index (χ4n) is 4.48. The summed E-state index contributed by atoms with van der Waals surface area (Å²) in [5.74, 6) is -0.824. The smallest absolute Gasteiger partial charge is 0.462 e. The molecule has 0 fully saturated rings. The van der Waals surface area contributed by atoms with E-state index >= 15 is 0 Å². The van der Waals surface area contributed by atoms with Crippen LogP contribution in [0, 0.1) is 0 Å². The summed E-state index contributed by atoms with van der Waals surface area (Å²) in [4.78, 5) is 34.9. The summed E-state index contributed by atoms with van der Waals surface area (Å²) >= 11 is 0. The van der Waals surface area contributed by atoms with Crippen molar-refractivity contribution >= 4 is 19.8 Å². The SMILES string of the molecule is CCCCCCCC/C=C/CCCCCC(=O)OC[C@@H](COP(=O)(O)OCC[N+](C)(C)C)OC(=O)CCCCCCCCC.